The van der Waals surface area contributed by atoms with Crippen molar-refractivity contribution in [2.45, 2.75) is 4.90 Å². The number of thioether (sulfide) groups is 1. The van der Waals surface area contributed by atoms with E-state index in [0.717, 1.165) is 20.2 Å². The van der Waals surface area contributed by atoms with Gasteiger partial charge in [-0.1, -0.05) is 17.4 Å². The number of nitrogens with zero attached hydrogens (tertiary/aromatic N) is 4. The molecule has 2 aromatic heterocycles. The molecule has 0 unspecified atom stereocenters. The first kappa shape index (κ1) is 17.8. The summed E-state index contributed by atoms with van der Waals surface area (Å²) in [4.78, 5) is 32.3. The van der Waals surface area contributed by atoms with Crippen molar-refractivity contribution in [1.29, 1.82) is 0 Å². The maximum Gasteiger partial charge on any atom is 0.433 e. The summed E-state index contributed by atoms with van der Waals surface area (Å²) in [5, 5.41) is 11.7. The fourth-order valence-electron chi connectivity index (χ4n) is 3.01. The van der Waals surface area contributed by atoms with Crippen LogP contribution in [0.25, 0.3) is 10.2 Å². The molecule has 0 aliphatic carbocycles. The minimum atomic E-state index is -0.648. The highest BCUT2D eigenvalue weighted by Crippen LogP contribution is 2.34. The van der Waals surface area contributed by atoms with E-state index < -0.39 is 10.8 Å². The van der Waals surface area contributed by atoms with E-state index in [1.54, 1.807) is 28.0 Å². The van der Waals surface area contributed by atoms with Gasteiger partial charge in [-0.3, -0.25) is 14.9 Å². The van der Waals surface area contributed by atoms with Gasteiger partial charge < -0.3 is 14.2 Å². The van der Waals surface area contributed by atoms with E-state index in [2.05, 4.69) is 17.0 Å². The van der Waals surface area contributed by atoms with Crippen LogP contribution in [0.15, 0.2) is 39.6 Å². The standard InChI is InChI=1S/C17H16N4O4S2/c1-26-12-3-2-4-13-15(12)18-17(27-13)20-9-7-19(8-10-20)16(22)11-5-6-14(25-11)21(23)24/h2-6H,7-10H2,1H3. The van der Waals surface area contributed by atoms with Crippen LogP contribution in [0.3, 0.4) is 0 Å². The van der Waals surface area contributed by atoms with Crippen LogP contribution in [0.2, 0.25) is 0 Å². The number of hydrogen-bond donors (Lipinski definition) is 0. The second kappa shape index (κ2) is 7.20. The van der Waals surface area contributed by atoms with E-state index in [1.165, 1.54) is 12.1 Å². The molecule has 0 bridgehead atoms. The highest BCUT2D eigenvalue weighted by Gasteiger charge is 2.27. The summed E-state index contributed by atoms with van der Waals surface area (Å²) in [7, 11) is 0. The second-order valence-electron chi connectivity index (χ2n) is 5.98. The molecule has 1 aliphatic heterocycles. The van der Waals surface area contributed by atoms with Gasteiger partial charge in [-0.25, -0.2) is 4.98 Å². The molecular weight excluding hydrogens is 388 g/mol. The first-order chi connectivity index (χ1) is 13.1. The van der Waals surface area contributed by atoms with Gasteiger partial charge >= 0.3 is 5.88 Å². The van der Waals surface area contributed by atoms with Gasteiger partial charge in [0.25, 0.3) is 5.91 Å². The molecule has 1 aromatic carbocycles. The minimum absolute atomic E-state index is 0.000232. The van der Waals surface area contributed by atoms with Gasteiger partial charge in [0.2, 0.25) is 0 Å². The average Bonchev–Trinajstić information content (AvgIpc) is 3.34. The summed E-state index contributed by atoms with van der Waals surface area (Å²) in [5.74, 6) is -0.743. The molecule has 0 spiro atoms. The molecule has 4 rings (SSSR count). The summed E-state index contributed by atoms with van der Waals surface area (Å²) < 4.78 is 6.17. The summed E-state index contributed by atoms with van der Waals surface area (Å²) in [6.07, 6.45) is 2.04. The SMILES string of the molecule is CSc1cccc2sc(N3CCN(C(=O)c4ccc([N+](=O)[O-])o4)CC3)nc12. The Morgan fingerprint density at radius 1 is 1.26 bits per heavy atom. The Balaban J connectivity index is 1.45. The van der Waals surface area contributed by atoms with Crippen LogP contribution in [-0.4, -0.2) is 53.1 Å². The lowest BCUT2D eigenvalue weighted by molar-refractivity contribution is -0.402. The third-order valence-corrected chi connectivity index (χ3v) is 6.26. The van der Waals surface area contributed by atoms with Crippen molar-refractivity contribution in [2.24, 2.45) is 0 Å². The third kappa shape index (κ3) is 3.37. The van der Waals surface area contributed by atoms with Crippen LogP contribution < -0.4 is 4.90 Å². The van der Waals surface area contributed by atoms with Gasteiger partial charge in [0.1, 0.15) is 4.92 Å². The van der Waals surface area contributed by atoms with Crippen molar-refractivity contribution in [1.82, 2.24) is 9.88 Å². The van der Waals surface area contributed by atoms with Crippen molar-refractivity contribution in [3.63, 3.8) is 0 Å². The fraction of sp³-hybridized carbons (Fsp3) is 0.294. The van der Waals surface area contributed by atoms with Crippen LogP contribution in [0.5, 0.6) is 0 Å². The normalized spacial score (nSPS) is 14.7. The Kier molecular flexibility index (Phi) is 4.75. The molecule has 1 fully saturated rings. The molecule has 0 radical (unpaired) electrons. The predicted octanol–water partition coefficient (Wildman–Crippen LogP) is 3.48. The van der Waals surface area contributed by atoms with E-state index in [0.29, 0.717) is 26.2 Å². The summed E-state index contributed by atoms with van der Waals surface area (Å²) >= 11 is 3.33. The Hall–Kier alpha value is -2.59. The largest absolute Gasteiger partial charge is 0.433 e. The number of furan rings is 1. The number of amides is 1. The molecule has 3 aromatic rings. The van der Waals surface area contributed by atoms with Crippen LogP contribution >= 0.6 is 23.1 Å². The zero-order chi connectivity index (χ0) is 19.0. The third-order valence-electron chi connectivity index (χ3n) is 4.41. The number of nitro groups is 1. The number of benzene rings is 1. The number of piperazine rings is 1. The molecule has 1 saturated heterocycles. The number of para-hydroxylation sites is 1. The molecular formula is C17H16N4O4S2. The van der Waals surface area contributed by atoms with Crippen LogP contribution in [0.1, 0.15) is 10.6 Å². The molecule has 27 heavy (non-hydrogen) atoms. The Morgan fingerprint density at radius 2 is 2.04 bits per heavy atom. The maximum absolute atomic E-state index is 12.5. The number of hydrogen-bond acceptors (Lipinski definition) is 8. The quantitative estimate of drug-likeness (QED) is 0.373. The number of thiazole rings is 1. The van der Waals surface area contributed by atoms with Gasteiger partial charge in [0.15, 0.2) is 10.9 Å². The molecule has 140 valence electrons. The van der Waals surface area contributed by atoms with Crippen molar-refractivity contribution in [2.75, 3.05) is 37.3 Å². The van der Waals surface area contributed by atoms with E-state index in [-0.39, 0.29) is 11.7 Å². The molecule has 1 amide bonds. The summed E-state index contributed by atoms with van der Waals surface area (Å²) in [6, 6.07) is 8.73. The summed E-state index contributed by atoms with van der Waals surface area (Å²) in [6.45, 7) is 2.34. The number of carbonyl (C=O) groups is 1. The minimum Gasteiger partial charge on any atom is -0.395 e. The van der Waals surface area contributed by atoms with E-state index in [1.807, 2.05) is 12.3 Å². The topological polar surface area (TPSA) is 92.7 Å². The zero-order valence-corrected chi connectivity index (χ0v) is 16.1. The Labute approximate surface area is 162 Å². The maximum atomic E-state index is 12.5. The second-order valence-corrected chi connectivity index (χ2v) is 7.83. The van der Waals surface area contributed by atoms with Crippen molar-refractivity contribution >= 4 is 50.2 Å². The van der Waals surface area contributed by atoms with Crippen LogP contribution in [-0.2, 0) is 0 Å². The molecule has 8 nitrogen and oxygen atoms in total. The van der Waals surface area contributed by atoms with E-state index in [9.17, 15) is 14.9 Å². The Morgan fingerprint density at radius 3 is 2.70 bits per heavy atom. The number of anilines is 1. The number of aromatic nitrogens is 1. The van der Waals surface area contributed by atoms with Crippen LogP contribution in [0, 0.1) is 10.1 Å². The number of fused-ring (bicyclic) bond motifs is 1. The smallest absolute Gasteiger partial charge is 0.395 e. The monoisotopic (exact) mass is 404 g/mol. The van der Waals surface area contributed by atoms with Gasteiger partial charge in [-0.05, 0) is 24.5 Å². The highest BCUT2D eigenvalue weighted by atomic mass is 32.2. The van der Waals surface area contributed by atoms with Gasteiger partial charge in [0, 0.05) is 31.1 Å². The van der Waals surface area contributed by atoms with Gasteiger partial charge in [0.05, 0.1) is 16.3 Å². The zero-order valence-electron chi connectivity index (χ0n) is 14.5. The number of carbonyl (C=O) groups excluding carboxylic acids is 1. The first-order valence-corrected chi connectivity index (χ1v) is 10.3. The van der Waals surface area contributed by atoms with Gasteiger partial charge in [-0.15, -0.1) is 11.8 Å². The molecule has 3 heterocycles. The molecule has 0 saturated carbocycles. The molecule has 0 atom stereocenters. The van der Waals surface area contributed by atoms with Gasteiger partial charge in [-0.2, -0.15) is 0 Å². The molecule has 1 aliphatic rings. The number of rotatable bonds is 4. The van der Waals surface area contributed by atoms with Crippen molar-refractivity contribution in [3.8, 4) is 0 Å². The lowest BCUT2D eigenvalue weighted by Gasteiger charge is -2.34. The lowest BCUT2D eigenvalue weighted by Crippen LogP contribution is -2.48. The highest BCUT2D eigenvalue weighted by molar-refractivity contribution is 7.98. The summed E-state index contributed by atoms with van der Waals surface area (Å²) in [5.41, 5.74) is 1.02. The lowest BCUT2D eigenvalue weighted by atomic mass is 10.3. The molecule has 0 N–H and O–H groups in total. The Bertz CT molecular complexity index is 1010. The fourth-order valence-corrected chi connectivity index (χ4v) is 4.68. The van der Waals surface area contributed by atoms with Crippen molar-refractivity contribution < 1.29 is 14.1 Å². The molecule has 10 heteroatoms. The van der Waals surface area contributed by atoms with Crippen molar-refractivity contribution in [3.05, 3.63) is 46.2 Å². The van der Waals surface area contributed by atoms with E-state index >= 15 is 0 Å². The van der Waals surface area contributed by atoms with E-state index in [4.69, 9.17) is 9.40 Å². The first-order valence-electron chi connectivity index (χ1n) is 8.29. The predicted molar refractivity (Wildman–Crippen MR) is 105 cm³/mol. The average molecular weight is 404 g/mol. The van der Waals surface area contributed by atoms with Crippen LogP contribution in [0.4, 0.5) is 11.0 Å².